The number of hydrogen-bond acceptors (Lipinski definition) is 7. The van der Waals surface area contributed by atoms with Gasteiger partial charge in [0.05, 0.1) is 0 Å². The first-order valence-corrected chi connectivity index (χ1v) is 7.92. The fourth-order valence-corrected chi connectivity index (χ4v) is 2.85. The Morgan fingerprint density at radius 3 is 2.17 bits per heavy atom. The number of nitrogen functional groups attached to an aromatic ring is 1. The summed E-state index contributed by atoms with van der Waals surface area (Å²) in [6.07, 6.45) is 0. The Hall–Kier alpha value is -2.42. The zero-order valence-electron chi connectivity index (χ0n) is 14.5. The average Bonchev–Trinajstić information content (AvgIpc) is 2.68. The third-order valence-electron chi connectivity index (χ3n) is 4.82. The summed E-state index contributed by atoms with van der Waals surface area (Å²) in [7, 11) is 3.67. The van der Waals surface area contributed by atoms with E-state index in [-0.39, 0.29) is 17.7 Å². The van der Waals surface area contributed by atoms with Gasteiger partial charge in [-0.15, -0.1) is 0 Å². The van der Waals surface area contributed by atoms with Gasteiger partial charge >= 0.3 is 6.03 Å². The minimum absolute atomic E-state index is 0.0504. The van der Waals surface area contributed by atoms with Crippen LogP contribution in [0.2, 0.25) is 0 Å². The van der Waals surface area contributed by atoms with Gasteiger partial charge in [0, 0.05) is 39.3 Å². The van der Waals surface area contributed by atoms with Gasteiger partial charge in [0.2, 0.25) is 5.95 Å². The minimum atomic E-state index is -0.912. The van der Waals surface area contributed by atoms with Gasteiger partial charge in [-0.25, -0.2) is 9.69 Å². The average molecular weight is 333 g/mol. The number of anilines is 3. The van der Waals surface area contributed by atoms with E-state index in [9.17, 15) is 9.59 Å². The summed E-state index contributed by atoms with van der Waals surface area (Å²) in [5.74, 6) is 0.592. The second kappa shape index (κ2) is 5.59. The lowest BCUT2D eigenvalue weighted by molar-refractivity contribution is -0.123. The van der Waals surface area contributed by atoms with E-state index in [1.54, 1.807) is 27.0 Å². The van der Waals surface area contributed by atoms with Gasteiger partial charge < -0.3 is 20.4 Å². The highest BCUT2D eigenvalue weighted by atomic mass is 16.2. The molecule has 130 valence electrons. The number of urea groups is 1. The van der Waals surface area contributed by atoms with Crippen molar-refractivity contribution in [3.8, 4) is 0 Å². The molecule has 0 atom stereocenters. The fourth-order valence-electron chi connectivity index (χ4n) is 2.85. The molecule has 0 aliphatic carbocycles. The minimum Gasteiger partial charge on any atom is -0.368 e. The summed E-state index contributed by atoms with van der Waals surface area (Å²) in [5, 5.41) is 0. The largest absolute Gasteiger partial charge is 0.368 e. The Morgan fingerprint density at radius 2 is 1.62 bits per heavy atom. The van der Waals surface area contributed by atoms with Crippen molar-refractivity contribution in [2.24, 2.45) is 0 Å². The van der Waals surface area contributed by atoms with Crippen molar-refractivity contribution in [3.05, 3.63) is 6.07 Å². The van der Waals surface area contributed by atoms with Gasteiger partial charge in [0.15, 0.2) is 5.82 Å². The van der Waals surface area contributed by atoms with E-state index in [2.05, 4.69) is 26.8 Å². The van der Waals surface area contributed by atoms with Crippen molar-refractivity contribution < 1.29 is 9.59 Å². The highest BCUT2D eigenvalue weighted by Gasteiger charge is 2.50. The van der Waals surface area contributed by atoms with Crippen molar-refractivity contribution in [2.45, 2.75) is 19.4 Å². The van der Waals surface area contributed by atoms with Crippen LogP contribution in [-0.2, 0) is 4.79 Å². The van der Waals surface area contributed by atoms with Gasteiger partial charge in [-0.2, -0.15) is 9.97 Å². The molecule has 0 saturated carbocycles. The van der Waals surface area contributed by atoms with Crippen molar-refractivity contribution in [3.63, 3.8) is 0 Å². The van der Waals surface area contributed by atoms with Crippen molar-refractivity contribution in [2.75, 3.05) is 55.8 Å². The smallest absolute Gasteiger partial charge is 0.333 e. The SMILES string of the molecule is CN1CCN(c2cc(N3C(=O)N(C)C(C)(C)C3=O)nc(N)n2)CC1. The van der Waals surface area contributed by atoms with Gasteiger partial charge in [-0.3, -0.25) is 4.79 Å². The monoisotopic (exact) mass is 333 g/mol. The highest BCUT2D eigenvalue weighted by molar-refractivity contribution is 6.22. The third kappa shape index (κ3) is 2.54. The van der Waals surface area contributed by atoms with Crippen LogP contribution in [0, 0.1) is 0 Å². The van der Waals surface area contributed by atoms with Crippen LogP contribution in [0.15, 0.2) is 6.07 Å². The molecule has 2 aliphatic rings. The zero-order valence-corrected chi connectivity index (χ0v) is 14.5. The van der Waals surface area contributed by atoms with E-state index in [0.29, 0.717) is 5.82 Å². The molecule has 3 heterocycles. The van der Waals surface area contributed by atoms with E-state index >= 15 is 0 Å². The van der Waals surface area contributed by atoms with Crippen LogP contribution >= 0.6 is 0 Å². The Balaban J connectivity index is 1.95. The van der Waals surface area contributed by atoms with Crippen molar-refractivity contribution >= 4 is 29.5 Å². The molecular weight excluding hydrogens is 310 g/mol. The number of rotatable bonds is 2. The Morgan fingerprint density at radius 1 is 1.04 bits per heavy atom. The molecular formula is C15H23N7O2. The Labute approximate surface area is 141 Å². The number of piperazine rings is 1. The number of likely N-dealkylation sites (N-methyl/N-ethyl adjacent to an activating group) is 2. The normalized spacial score (nSPS) is 21.8. The van der Waals surface area contributed by atoms with E-state index in [1.165, 1.54) is 4.90 Å². The molecule has 9 heteroatoms. The molecule has 9 nitrogen and oxygen atoms in total. The molecule has 2 fully saturated rings. The molecule has 0 unspecified atom stereocenters. The number of carbonyl (C=O) groups is 2. The van der Waals surface area contributed by atoms with Crippen LogP contribution in [-0.4, -0.2) is 77.5 Å². The number of carbonyl (C=O) groups excluding carboxylic acids is 2. The summed E-state index contributed by atoms with van der Waals surface area (Å²) >= 11 is 0. The van der Waals surface area contributed by atoms with Crippen LogP contribution in [0.1, 0.15) is 13.8 Å². The van der Waals surface area contributed by atoms with Gasteiger partial charge in [-0.05, 0) is 20.9 Å². The van der Waals surface area contributed by atoms with Gasteiger partial charge in [0.1, 0.15) is 11.4 Å². The van der Waals surface area contributed by atoms with E-state index in [0.717, 1.165) is 31.1 Å². The number of nitrogens with zero attached hydrogens (tertiary/aromatic N) is 6. The molecule has 24 heavy (non-hydrogen) atoms. The summed E-state index contributed by atoms with van der Waals surface area (Å²) in [6.45, 7) is 6.85. The maximum atomic E-state index is 12.6. The molecule has 1 aromatic rings. The van der Waals surface area contributed by atoms with Crippen LogP contribution in [0.25, 0.3) is 0 Å². The molecule has 2 saturated heterocycles. The third-order valence-corrected chi connectivity index (χ3v) is 4.82. The van der Waals surface area contributed by atoms with E-state index in [1.807, 2.05) is 0 Å². The first-order chi connectivity index (χ1) is 11.2. The molecule has 2 aliphatic heterocycles. The predicted octanol–water partition coefficient (Wildman–Crippen LogP) is -0.0124. The van der Waals surface area contributed by atoms with Crippen molar-refractivity contribution in [1.82, 2.24) is 19.8 Å². The Kier molecular flexibility index (Phi) is 3.83. The molecule has 1 aromatic heterocycles. The zero-order chi connectivity index (χ0) is 17.6. The second-order valence-electron chi connectivity index (χ2n) is 6.77. The van der Waals surface area contributed by atoms with Crippen LogP contribution in [0.4, 0.5) is 22.4 Å². The second-order valence-corrected chi connectivity index (χ2v) is 6.77. The highest BCUT2D eigenvalue weighted by Crippen LogP contribution is 2.31. The maximum absolute atomic E-state index is 12.6. The molecule has 0 radical (unpaired) electrons. The molecule has 0 aromatic carbocycles. The van der Waals surface area contributed by atoms with Crippen LogP contribution in [0.3, 0.4) is 0 Å². The van der Waals surface area contributed by atoms with Crippen LogP contribution < -0.4 is 15.5 Å². The number of nitrogens with two attached hydrogens (primary N) is 1. The summed E-state index contributed by atoms with van der Waals surface area (Å²) in [4.78, 5) is 40.3. The Bertz CT molecular complexity index is 682. The lowest BCUT2D eigenvalue weighted by Gasteiger charge is -2.33. The topological polar surface area (TPSA) is 98.9 Å². The standard InChI is InChI=1S/C15H23N7O2/c1-15(2)12(23)22(14(24)20(15)4)11-9-10(17-13(16)18-11)21-7-5-19(3)6-8-21/h9H,5-8H2,1-4H3,(H2,16,17,18). The first-order valence-electron chi connectivity index (χ1n) is 7.92. The molecule has 0 bridgehead atoms. The summed E-state index contributed by atoms with van der Waals surface area (Å²) in [5.41, 5.74) is 4.92. The summed E-state index contributed by atoms with van der Waals surface area (Å²) in [6, 6.07) is 1.25. The van der Waals surface area contributed by atoms with Crippen molar-refractivity contribution in [1.29, 1.82) is 0 Å². The van der Waals surface area contributed by atoms with E-state index < -0.39 is 11.6 Å². The molecule has 0 spiro atoms. The van der Waals surface area contributed by atoms with E-state index in [4.69, 9.17) is 5.73 Å². The number of hydrogen-bond donors (Lipinski definition) is 1. The number of imide groups is 1. The lowest BCUT2D eigenvalue weighted by atomic mass is 10.1. The number of amides is 3. The van der Waals surface area contributed by atoms with Gasteiger partial charge in [0.25, 0.3) is 5.91 Å². The van der Waals surface area contributed by atoms with Gasteiger partial charge in [-0.1, -0.05) is 0 Å². The molecule has 3 rings (SSSR count). The predicted molar refractivity (Wildman–Crippen MR) is 90.9 cm³/mol. The maximum Gasteiger partial charge on any atom is 0.333 e. The van der Waals surface area contributed by atoms with Crippen LogP contribution in [0.5, 0.6) is 0 Å². The lowest BCUT2D eigenvalue weighted by Crippen LogP contribution is -2.45. The summed E-state index contributed by atoms with van der Waals surface area (Å²) < 4.78 is 0. The fraction of sp³-hybridized carbons (Fsp3) is 0.600. The molecule has 2 N–H and O–H groups in total. The quantitative estimate of drug-likeness (QED) is 0.760. The first kappa shape index (κ1) is 16.4. The number of aromatic nitrogens is 2. The molecule has 3 amide bonds.